The molecule has 0 unspecified atom stereocenters. The van der Waals surface area contributed by atoms with E-state index in [9.17, 15) is 0 Å². The van der Waals surface area contributed by atoms with Crippen molar-refractivity contribution in [2.24, 2.45) is 0 Å². The van der Waals surface area contributed by atoms with Gasteiger partial charge in [0.15, 0.2) is 0 Å². The van der Waals surface area contributed by atoms with E-state index >= 15 is 0 Å². The highest BCUT2D eigenvalue weighted by Gasteiger charge is 1.93. The monoisotopic (exact) mass is 126 g/mol. The maximum absolute atomic E-state index is 4.13. The lowest BCUT2D eigenvalue weighted by Crippen LogP contribution is -1.89. The summed E-state index contributed by atoms with van der Waals surface area (Å²) in [5, 5.41) is 4.13. The Kier molecular flexibility index (Phi) is 1.39. The molecule has 2 heteroatoms. The summed E-state index contributed by atoms with van der Waals surface area (Å²) in [4.78, 5) is 0. The molecule has 0 fully saturated rings. The number of nitrogens with zero attached hydrogens (tertiary/aromatic N) is 2. The van der Waals surface area contributed by atoms with Crippen molar-refractivity contribution in [3.8, 4) is 0 Å². The van der Waals surface area contributed by atoms with Crippen molar-refractivity contribution in [3.05, 3.63) is 24.0 Å². The molecule has 1 aromatic rings. The third kappa shape index (κ3) is 1.02. The topological polar surface area (TPSA) is 17.8 Å². The normalized spacial score (nSPS) is 9.56. The van der Waals surface area contributed by atoms with E-state index in [0.29, 0.717) is 0 Å². The third-order valence-electron chi connectivity index (χ3n) is 1.22. The molecular formula is C7H14N2. The smallest absolute Gasteiger partial charge is 0.0600 e. The lowest BCUT2D eigenvalue weighted by atomic mass is 10.4. The molecular weight excluding hydrogens is 112 g/mol. The average molecular weight is 126 g/mol. The van der Waals surface area contributed by atoms with E-state index < -0.39 is 0 Å². The molecule has 1 rings (SSSR count). The maximum Gasteiger partial charge on any atom is 0.0600 e. The van der Waals surface area contributed by atoms with Crippen molar-refractivity contribution in [3.63, 3.8) is 0 Å². The summed E-state index contributed by atoms with van der Waals surface area (Å²) >= 11 is 0. The van der Waals surface area contributed by atoms with E-state index in [4.69, 9.17) is 0 Å². The van der Waals surface area contributed by atoms with Crippen LogP contribution in [-0.2, 0) is 0 Å². The molecule has 0 saturated heterocycles. The zero-order valence-electron chi connectivity index (χ0n) is 5.76. The van der Waals surface area contributed by atoms with Crippen molar-refractivity contribution in [2.45, 2.75) is 13.8 Å². The molecule has 0 spiro atoms. The van der Waals surface area contributed by atoms with E-state index in [-0.39, 0.29) is 2.85 Å². The van der Waals surface area contributed by atoms with E-state index in [1.807, 2.05) is 19.9 Å². The van der Waals surface area contributed by atoms with Crippen LogP contribution in [0.25, 0.3) is 6.20 Å². The fourth-order valence-corrected chi connectivity index (χ4v) is 0.831. The van der Waals surface area contributed by atoms with Crippen molar-refractivity contribution >= 4 is 6.20 Å². The summed E-state index contributed by atoms with van der Waals surface area (Å²) in [5.41, 5.74) is 2.16. The average Bonchev–Trinajstić information content (AvgIpc) is 2.10. The van der Waals surface area contributed by atoms with Crippen LogP contribution in [0.2, 0.25) is 0 Å². The summed E-state index contributed by atoms with van der Waals surface area (Å²) in [7, 11) is 0. The van der Waals surface area contributed by atoms with Crippen LogP contribution in [0.4, 0.5) is 0 Å². The molecule has 1 aromatic heterocycles. The van der Waals surface area contributed by atoms with Gasteiger partial charge in [-0.15, -0.1) is 0 Å². The van der Waals surface area contributed by atoms with Gasteiger partial charge in [-0.3, -0.25) is 0 Å². The van der Waals surface area contributed by atoms with Crippen molar-refractivity contribution < 1.29 is 2.85 Å². The lowest BCUT2D eigenvalue weighted by molar-refractivity contribution is 0.882. The maximum atomic E-state index is 4.13. The zero-order chi connectivity index (χ0) is 6.85. The van der Waals surface area contributed by atoms with Crippen LogP contribution in [-0.4, -0.2) is 9.78 Å². The molecule has 0 aliphatic heterocycles. The predicted molar refractivity (Wildman–Crippen MR) is 42.3 cm³/mol. The lowest BCUT2D eigenvalue weighted by Gasteiger charge is -1.90. The van der Waals surface area contributed by atoms with Crippen LogP contribution < -0.4 is 0 Å². The molecule has 9 heavy (non-hydrogen) atoms. The molecule has 0 atom stereocenters. The highest BCUT2D eigenvalue weighted by atomic mass is 15.3. The standard InChI is InChI=1S/C7H10N2.2H2/c1-4-9-7(3)5-6(2)8-9;;/h4-5H,1H2,2-3H3;2*1H. The fraction of sp³-hybridized carbons (Fsp3) is 0.286. The minimum absolute atomic E-state index is 0. The highest BCUT2D eigenvalue weighted by molar-refractivity contribution is 5.21. The van der Waals surface area contributed by atoms with E-state index in [0.717, 1.165) is 11.4 Å². The Morgan fingerprint density at radius 2 is 2.44 bits per heavy atom. The van der Waals surface area contributed by atoms with Crippen LogP contribution in [0, 0.1) is 13.8 Å². The van der Waals surface area contributed by atoms with Gasteiger partial charge in [0.1, 0.15) is 0 Å². The van der Waals surface area contributed by atoms with Crippen molar-refractivity contribution in [2.75, 3.05) is 0 Å². The molecule has 0 saturated carbocycles. The highest BCUT2D eigenvalue weighted by Crippen LogP contribution is 2.00. The minimum Gasteiger partial charge on any atom is -0.246 e. The van der Waals surface area contributed by atoms with Crippen LogP contribution in [0.15, 0.2) is 12.6 Å². The summed E-state index contributed by atoms with van der Waals surface area (Å²) in [5.74, 6) is 0. The van der Waals surface area contributed by atoms with Crippen LogP contribution >= 0.6 is 0 Å². The second kappa shape index (κ2) is 2.05. The first-order valence-electron chi connectivity index (χ1n) is 2.89. The summed E-state index contributed by atoms with van der Waals surface area (Å²) in [6.07, 6.45) is 1.70. The van der Waals surface area contributed by atoms with Gasteiger partial charge in [-0.2, -0.15) is 5.10 Å². The van der Waals surface area contributed by atoms with Gasteiger partial charge in [0, 0.05) is 14.7 Å². The predicted octanol–water partition coefficient (Wildman–Crippen LogP) is 2.09. The largest absolute Gasteiger partial charge is 0.246 e. The van der Waals surface area contributed by atoms with Gasteiger partial charge in [-0.05, 0) is 19.9 Å². The second-order valence-electron chi connectivity index (χ2n) is 2.05. The Morgan fingerprint density at radius 3 is 2.67 bits per heavy atom. The number of aromatic nitrogens is 2. The molecule has 52 valence electrons. The molecule has 0 aromatic carbocycles. The molecule has 0 radical (unpaired) electrons. The Labute approximate surface area is 57.8 Å². The Hall–Kier alpha value is -1.05. The molecule has 1 heterocycles. The van der Waals surface area contributed by atoms with Gasteiger partial charge in [-0.25, -0.2) is 4.68 Å². The first kappa shape index (κ1) is 6.08. The molecule has 0 N–H and O–H groups in total. The van der Waals surface area contributed by atoms with Crippen LogP contribution in [0.5, 0.6) is 0 Å². The Balaban J connectivity index is 0. The summed E-state index contributed by atoms with van der Waals surface area (Å²) < 4.78 is 1.76. The van der Waals surface area contributed by atoms with Gasteiger partial charge >= 0.3 is 0 Å². The van der Waals surface area contributed by atoms with Crippen LogP contribution in [0.3, 0.4) is 0 Å². The van der Waals surface area contributed by atoms with Crippen LogP contribution in [0.1, 0.15) is 14.2 Å². The molecule has 0 aliphatic rings. The summed E-state index contributed by atoms with van der Waals surface area (Å²) in [6, 6.07) is 2.02. The quantitative estimate of drug-likeness (QED) is 0.563. The van der Waals surface area contributed by atoms with E-state index in [1.54, 1.807) is 10.9 Å². The molecule has 0 aliphatic carbocycles. The van der Waals surface area contributed by atoms with Gasteiger partial charge < -0.3 is 0 Å². The Bertz CT molecular complexity index is 230. The molecule has 2 nitrogen and oxygen atoms in total. The second-order valence-corrected chi connectivity index (χ2v) is 2.05. The minimum atomic E-state index is 0. The number of hydrogen-bond donors (Lipinski definition) is 0. The zero-order valence-corrected chi connectivity index (χ0v) is 5.76. The van der Waals surface area contributed by atoms with Gasteiger partial charge in [0.25, 0.3) is 0 Å². The SMILES string of the molecule is C=Cn1nc(C)cc1C.[HH].[HH]. The van der Waals surface area contributed by atoms with Gasteiger partial charge in [-0.1, -0.05) is 6.58 Å². The Morgan fingerprint density at radius 1 is 1.78 bits per heavy atom. The van der Waals surface area contributed by atoms with E-state index in [1.165, 1.54) is 0 Å². The first-order chi connectivity index (χ1) is 4.24. The molecule has 0 amide bonds. The fourth-order valence-electron chi connectivity index (χ4n) is 0.831. The summed E-state index contributed by atoms with van der Waals surface area (Å²) in [6.45, 7) is 7.57. The van der Waals surface area contributed by atoms with E-state index in [2.05, 4.69) is 11.7 Å². The first-order valence-corrected chi connectivity index (χ1v) is 2.89. The molecule has 0 bridgehead atoms. The van der Waals surface area contributed by atoms with Crippen molar-refractivity contribution in [1.29, 1.82) is 0 Å². The van der Waals surface area contributed by atoms with Gasteiger partial charge in [0.05, 0.1) is 5.69 Å². The number of rotatable bonds is 1. The number of hydrogen-bond acceptors (Lipinski definition) is 1. The number of aryl methyl sites for hydroxylation is 2. The van der Waals surface area contributed by atoms with Gasteiger partial charge in [0.2, 0.25) is 0 Å². The van der Waals surface area contributed by atoms with Crippen molar-refractivity contribution in [1.82, 2.24) is 9.78 Å². The third-order valence-corrected chi connectivity index (χ3v) is 1.22.